The van der Waals surface area contributed by atoms with E-state index in [0.29, 0.717) is 0 Å². The maximum Gasteiger partial charge on any atom is 0.0218 e. The zero-order valence-electron chi connectivity index (χ0n) is 24.4. The Labute approximate surface area is 223 Å². The summed E-state index contributed by atoms with van der Waals surface area (Å²) >= 11 is 0. The van der Waals surface area contributed by atoms with Gasteiger partial charge in [-0.15, -0.1) is 0 Å². The first-order valence-corrected chi connectivity index (χ1v) is 15.5. The van der Waals surface area contributed by atoms with Crippen LogP contribution in [-0.4, -0.2) is 0 Å². The van der Waals surface area contributed by atoms with Gasteiger partial charge in [-0.05, 0) is 72.9 Å². The minimum atomic E-state index is 0.185. The summed E-state index contributed by atoms with van der Waals surface area (Å²) in [6.07, 6.45) is 18.3. The third-order valence-corrected chi connectivity index (χ3v) is 9.46. The lowest BCUT2D eigenvalue weighted by Gasteiger charge is -2.37. The molecule has 0 N–H and O–H groups in total. The quantitative estimate of drug-likeness (QED) is 0.234. The number of unbranched alkanes of at least 4 members (excludes halogenated alkanes) is 6. The molecule has 0 saturated heterocycles. The van der Waals surface area contributed by atoms with Gasteiger partial charge in [0, 0.05) is 10.8 Å². The van der Waals surface area contributed by atoms with Crippen molar-refractivity contribution in [2.75, 3.05) is 0 Å². The summed E-state index contributed by atoms with van der Waals surface area (Å²) in [6, 6.07) is 15.1. The second-order valence-electron chi connectivity index (χ2n) is 12.1. The van der Waals surface area contributed by atoms with Gasteiger partial charge in [0.2, 0.25) is 0 Å². The smallest absolute Gasteiger partial charge is 0.0218 e. The number of rotatable bonds is 14. The van der Waals surface area contributed by atoms with Gasteiger partial charge in [-0.25, -0.2) is 0 Å². The predicted molar refractivity (Wildman–Crippen MR) is 160 cm³/mol. The third-order valence-electron chi connectivity index (χ3n) is 9.46. The van der Waals surface area contributed by atoms with Gasteiger partial charge in [0.15, 0.2) is 0 Å². The summed E-state index contributed by atoms with van der Waals surface area (Å²) in [5.74, 6) is 0. The normalized spacial score (nSPS) is 22.2. The minimum absolute atomic E-state index is 0.185. The fraction of sp³-hybridized carbons (Fsp3) is 0.611. The first-order valence-electron chi connectivity index (χ1n) is 15.5. The number of hydrogen-bond donors (Lipinski definition) is 0. The molecule has 36 heavy (non-hydrogen) atoms. The van der Waals surface area contributed by atoms with Gasteiger partial charge < -0.3 is 0 Å². The number of fused-ring (bicyclic) bond motifs is 4. The molecule has 0 nitrogen and oxygen atoms in total. The van der Waals surface area contributed by atoms with Crippen LogP contribution in [0, 0.1) is 13.8 Å². The molecule has 0 heterocycles. The van der Waals surface area contributed by atoms with Crippen LogP contribution in [0.1, 0.15) is 151 Å². The molecule has 2 aliphatic rings. The van der Waals surface area contributed by atoms with Crippen molar-refractivity contribution in [2.45, 2.75) is 142 Å². The van der Waals surface area contributed by atoms with Gasteiger partial charge in [-0.2, -0.15) is 0 Å². The zero-order chi connectivity index (χ0) is 25.8. The predicted octanol–water partition coefficient (Wildman–Crippen LogP) is 11.3. The molecule has 0 aromatic heterocycles. The molecule has 2 aromatic carbocycles. The number of aryl methyl sites for hydroxylation is 2. The van der Waals surface area contributed by atoms with E-state index in [4.69, 9.17) is 0 Å². The van der Waals surface area contributed by atoms with Gasteiger partial charge in [0.1, 0.15) is 0 Å². The monoisotopic (exact) mass is 484 g/mol. The number of benzene rings is 2. The van der Waals surface area contributed by atoms with Crippen LogP contribution in [0.15, 0.2) is 36.4 Å². The Morgan fingerprint density at radius 1 is 0.472 bits per heavy atom. The summed E-state index contributed by atoms with van der Waals surface area (Å²) in [7, 11) is 0. The van der Waals surface area contributed by atoms with Crippen LogP contribution in [0.4, 0.5) is 0 Å². The Hall–Kier alpha value is -1.82. The van der Waals surface area contributed by atoms with Crippen molar-refractivity contribution in [1.29, 1.82) is 0 Å². The van der Waals surface area contributed by atoms with Gasteiger partial charge in [0.05, 0.1) is 0 Å². The highest BCUT2D eigenvalue weighted by Crippen LogP contribution is 2.67. The molecule has 196 valence electrons. The maximum atomic E-state index is 2.60. The molecular formula is C36H52. The van der Waals surface area contributed by atoms with Crippen LogP contribution in [-0.2, 0) is 10.8 Å². The van der Waals surface area contributed by atoms with Crippen LogP contribution < -0.4 is 0 Å². The van der Waals surface area contributed by atoms with E-state index < -0.39 is 0 Å². The molecule has 0 aliphatic heterocycles. The van der Waals surface area contributed by atoms with Crippen LogP contribution in [0.25, 0.3) is 11.1 Å². The zero-order valence-corrected chi connectivity index (χ0v) is 24.4. The van der Waals surface area contributed by atoms with Gasteiger partial charge in [-0.3, -0.25) is 0 Å². The highest BCUT2D eigenvalue weighted by Gasteiger charge is 2.55. The van der Waals surface area contributed by atoms with E-state index in [1.54, 1.807) is 33.4 Å². The van der Waals surface area contributed by atoms with Crippen LogP contribution in [0.2, 0.25) is 0 Å². The molecule has 2 aliphatic carbocycles. The third kappa shape index (κ3) is 4.63. The second kappa shape index (κ2) is 11.7. The van der Waals surface area contributed by atoms with Crippen LogP contribution in [0.3, 0.4) is 0 Å². The summed E-state index contributed by atoms with van der Waals surface area (Å²) in [5.41, 5.74) is 13.3. The fourth-order valence-corrected chi connectivity index (χ4v) is 7.68. The van der Waals surface area contributed by atoms with Crippen molar-refractivity contribution >= 4 is 11.1 Å². The molecule has 2 unspecified atom stereocenters. The van der Waals surface area contributed by atoms with Crippen molar-refractivity contribution in [3.8, 4) is 0 Å². The summed E-state index contributed by atoms with van der Waals surface area (Å²) in [6.45, 7) is 14.1. The summed E-state index contributed by atoms with van der Waals surface area (Å²) in [4.78, 5) is 0. The lowest BCUT2D eigenvalue weighted by Crippen LogP contribution is -2.28. The van der Waals surface area contributed by atoms with Gasteiger partial charge in [-0.1, -0.05) is 139 Å². The van der Waals surface area contributed by atoms with Gasteiger partial charge in [0.25, 0.3) is 0 Å². The molecule has 0 spiro atoms. The SMILES string of the molecule is CCCCCC1(CCCC)C2=C(c3ccc(C)cc31)C(CCCC)(CCCCC)c1cc(C)ccc12. The molecular weight excluding hydrogens is 432 g/mol. The van der Waals surface area contributed by atoms with Crippen molar-refractivity contribution in [3.05, 3.63) is 69.8 Å². The minimum Gasteiger partial charge on any atom is -0.0654 e. The van der Waals surface area contributed by atoms with E-state index in [1.165, 1.54) is 101 Å². The Bertz CT molecular complexity index is 984. The molecule has 0 saturated carbocycles. The van der Waals surface area contributed by atoms with Crippen molar-refractivity contribution in [1.82, 2.24) is 0 Å². The van der Waals surface area contributed by atoms with Crippen molar-refractivity contribution < 1.29 is 0 Å². The average Bonchev–Trinajstić information content (AvgIpc) is 3.30. The van der Waals surface area contributed by atoms with Crippen molar-refractivity contribution in [3.63, 3.8) is 0 Å². The molecule has 0 bridgehead atoms. The van der Waals surface area contributed by atoms with E-state index in [0.717, 1.165) is 0 Å². The Kier molecular flexibility index (Phi) is 8.85. The topological polar surface area (TPSA) is 0 Å². The summed E-state index contributed by atoms with van der Waals surface area (Å²) < 4.78 is 0. The lowest BCUT2D eigenvalue weighted by molar-refractivity contribution is 0.431. The molecule has 2 atom stereocenters. The van der Waals surface area contributed by atoms with E-state index in [9.17, 15) is 0 Å². The first-order chi connectivity index (χ1) is 17.5. The summed E-state index contributed by atoms with van der Waals surface area (Å²) in [5, 5.41) is 0. The van der Waals surface area contributed by atoms with E-state index >= 15 is 0 Å². The molecule has 4 rings (SSSR count). The molecule has 0 amide bonds. The van der Waals surface area contributed by atoms with Crippen LogP contribution in [0.5, 0.6) is 0 Å². The first kappa shape index (κ1) is 27.2. The molecule has 0 heteroatoms. The van der Waals surface area contributed by atoms with E-state index in [2.05, 4.69) is 77.9 Å². The lowest BCUT2D eigenvalue weighted by atomic mass is 9.66. The van der Waals surface area contributed by atoms with E-state index in [-0.39, 0.29) is 10.8 Å². The molecule has 0 fully saturated rings. The number of allylic oxidation sites excluding steroid dienone is 2. The van der Waals surface area contributed by atoms with Crippen molar-refractivity contribution in [2.24, 2.45) is 0 Å². The Morgan fingerprint density at radius 3 is 1.19 bits per heavy atom. The molecule has 0 radical (unpaired) electrons. The van der Waals surface area contributed by atoms with Gasteiger partial charge >= 0.3 is 0 Å². The maximum absolute atomic E-state index is 2.60. The molecule has 2 aromatic rings. The van der Waals surface area contributed by atoms with Crippen LogP contribution >= 0.6 is 0 Å². The van der Waals surface area contributed by atoms with E-state index in [1.807, 2.05) is 0 Å². The number of hydrogen-bond acceptors (Lipinski definition) is 0. The Morgan fingerprint density at radius 2 is 0.833 bits per heavy atom. The average molecular weight is 485 g/mol. The largest absolute Gasteiger partial charge is 0.0654 e. The fourth-order valence-electron chi connectivity index (χ4n) is 7.68. The highest BCUT2D eigenvalue weighted by atomic mass is 14.6. The highest BCUT2D eigenvalue weighted by molar-refractivity contribution is 6.10. The second-order valence-corrected chi connectivity index (χ2v) is 12.1. The Balaban J connectivity index is 2.02. The standard InChI is InChI=1S/C36H52/c1-7-11-15-23-35(21-13-9-3)31-25-27(5)17-19-29(31)34-33(35)30-20-18-28(6)26-32(30)36(34,22-14-10-4)24-16-12-8-2/h17-20,25-26H,7-16,21-24H2,1-6H3.